The second-order valence-electron chi connectivity index (χ2n) is 2.70. The maximum absolute atomic E-state index is 5.61. The predicted octanol–water partition coefficient (Wildman–Crippen LogP) is 0.130. The average molecular weight is 160 g/mol. The van der Waals surface area contributed by atoms with Gasteiger partial charge in [0.25, 0.3) is 0 Å². The van der Waals surface area contributed by atoms with Crippen LogP contribution in [0.4, 0.5) is 0 Å². The van der Waals surface area contributed by atoms with Crippen LogP contribution in [0.5, 0.6) is 0 Å². The Hall–Kier alpha value is -1.57. The predicted molar refractivity (Wildman–Crippen MR) is 53.1 cm³/mol. The van der Waals surface area contributed by atoms with Crippen LogP contribution in [0.25, 0.3) is 12.4 Å². The summed E-state index contributed by atoms with van der Waals surface area (Å²) >= 11 is 0. The van der Waals surface area contributed by atoms with Crippen LogP contribution in [0.15, 0.2) is 23.2 Å². The van der Waals surface area contributed by atoms with E-state index >= 15 is 0 Å². The second kappa shape index (κ2) is 3.22. The lowest BCUT2D eigenvalue weighted by Crippen LogP contribution is -2.27. The summed E-state index contributed by atoms with van der Waals surface area (Å²) in [6.45, 7) is 9.21. The van der Waals surface area contributed by atoms with Crippen LogP contribution in [-0.4, -0.2) is 6.72 Å². The molecule has 1 rings (SSSR count). The molecule has 12 heavy (non-hydrogen) atoms. The van der Waals surface area contributed by atoms with Gasteiger partial charge in [-0.15, -0.1) is 0 Å². The minimum Gasteiger partial charge on any atom is -0.383 e. The van der Waals surface area contributed by atoms with Crippen LogP contribution in [0.2, 0.25) is 0 Å². The zero-order valence-electron chi connectivity index (χ0n) is 7.17. The quantitative estimate of drug-likeness (QED) is 0.583. The maximum atomic E-state index is 5.61. The summed E-state index contributed by atoms with van der Waals surface area (Å²) in [5, 5.41) is 1.75. The van der Waals surface area contributed by atoms with Gasteiger partial charge in [0.15, 0.2) is 0 Å². The van der Waals surface area contributed by atoms with Gasteiger partial charge in [-0.3, -0.25) is 0 Å². The number of aliphatic imine (C=N–C) groups is 1. The highest BCUT2D eigenvalue weighted by Gasteiger charge is 1.89. The molecule has 62 valence electrons. The van der Waals surface area contributed by atoms with E-state index in [1.807, 2.05) is 25.1 Å². The molecule has 0 unspecified atom stereocenters. The third-order valence-corrected chi connectivity index (χ3v) is 1.71. The summed E-state index contributed by atoms with van der Waals surface area (Å²) < 4.78 is 0. The summed E-state index contributed by atoms with van der Waals surface area (Å²) in [4.78, 5) is 3.67. The zero-order chi connectivity index (χ0) is 9.14. The standard InChI is InChI=1S/C10H12N2/c1-7-4-5-8(2)9(6-7)10(11)12-3/h4-6H,2-3,11H2,1H3/b10-9-. The Morgan fingerprint density at radius 2 is 2.17 bits per heavy atom. The first kappa shape index (κ1) is 8.53. The molecule has 0 atom stereocenters. The van der Waals surface area contributed by atoms with E-state index < -0.39 is 0 Å². The maximum Gasteiger partial charge on any atom is 0.130 e. The summed E-state index contributed by atoms with van der Waals surface area (Å²) in [5.41, 5.74) is 6.75. The van der Waals surface area contributed by atoms with Gasteiger partial charge in [0.2, 0.25) is 0 Å². The van der Waals surface area contributed by atoms with Gasteiger partial charge in [0.1, 0.15) is 5.82 Å². The molecule has 0 saturated carbocycles. The molecule has 0 aromatic heterocycles. The van der Waals surface area contributed by atoms with Gasteiger partial charge in [0.05, 0.1) is 0 Å². The molecule has 0 amide bonds. The van der Waals surface area contributed by atoms with E-state index in [0.717, 1.165) is 16.0 Å². The van der Waals surface area contributed by atoms with E-state index in [9.17, 15) is 0 Å². The lowest BCUT2D eigenvalue weighted by atomic mass is 10.2. The summed E-state index contributed by atoms with van der Waals surface area (Å²) in [7, 11) is 0. The lowest BCUT2D eigenvalue weighted by molar-refractivity contribution is 1.33. The lowest BCUT2D eigenvalue weighted by Gasteiger charge is -1.95. The fourth-order valence-electron chi connectivity index (χ4n) is 1.01. The molecule has 0 fully saturated rings. The van der Waals surface area contributed by atoms with Crippen LogP contribution in [0.1, 0.15) is 5.56 Å². The third-order valence-electron chi connectivity index (χ3n) is 1.71. The summed E-state index contributed by atoms with van der Waals surface area (Å²) in [5.74, 6) is 0.434. The second-order valence-corrected chi connectivity index (χ2v) is 2.70. The number of benzene rings is 1. The van der Waals surface area contributed by atoms with Crippen molar-refractivity contribution in [2.24, 2.45) is 10.7 Å². The molecule has 2 nitrogen and oxygen atoms in total. The van der Waals surface area contributed by atoms with Crippen LogP contribution < -0.4 is 16.2 Å². The Morgan fingerprint density at radius 1 is 1.50 bits per heavy atom. The molecule has 0 saturated heterocycles. The zero-order valence-corrected chi connectivity index (χ0v) is 7.17. The number of nitrogens with two attached hydrogens (primary N) is 1. The molecule has 2 N–H and O–H groups in total. The molecule has 0 bridgehead atoms. The highest BCUT2D eigenvalue weighted by Crippen LogP contribution is 1.87. The van der Waals surface area contributed by atoms with Crippen LogP contribution in [-0.2, 0) is 0 Å². The van der Waals surface area contributed by atoms with E-state index in [-0.39, 0.29) is 0 Å². The van der Waals surface area contributed by atoms with Gasteiger partial charge in [-0.05, 0) is 24.9 Å². The number of hydrogen-bond acceptors (Lipinski definition) is 2. The highest BCUT2D eigenvalue weighted by atomic mass is 14.9. The molecule has 0 aliphatic rings. The number of aryl methyl sites for hydroxylation is 1. The van der Waals surface area contributed by atoms with E-state index in [1.54, 1.807) is 0 Å². The van der Waals surface area contributed by atoms with Gasteiger partial charge in [0, 0.05) is 5.22 Å². The van der Waals surface area contributed by atoms with Crippen LogP contribution >= 0.6 is 0 Å². The molecule has 0 heterocycles. The summed E-state index contributed by atoms with van der Waals surface area (Å²) in [6.07, 6.45) is 0. The van der Waals surface area contributed by atoms with Crippen molar-refractivity contribution < 1.29 is 0 Å². The average Bonchev–Trinajstić information content (AvgIpc) is 2.08. The van der Waals surface area contributed by atoms with Crippen molar-refractivity contribution in [2.75, 3.05) is 0 Å². The SMILES string of the molecule is C=N/C(N)=c1/cc(C)ccc1=C. The molecule has 0 aliphatic heterocycles. The van der Waals surface area contributed by atoms with Crippen molar-refractivity contribution in [2.45, 2.75) is 6.92 Å². The van der Waals surface area contributed by atoms with Gasteiger partial charge in [-0.2, -0.15) is 0 Å². The van der Waals surface area contributed by atoms with Crippen molar-refractivity contribution in [3.63, 3.8) is 0 Å². The van der Waals surface area contributed by atoms with Crippen molar-refractivity contribution in [1.29, 1.82) is 0 Å². The first-order chi connectivity index (χ1) is 5.65. The fraction of sp³-hybridized carbons (Fsp3) is 0.100. The van der Waals surface area contributed by atoms with E-state index in [0.29, 0.717) is 5.82 Å². The minimum absolute atomic E-state index is 0.434. The normalized spacial score (nSPS) is 12.4. The minimum atomic E-state index is 0.434. The molecule has 0 radical (unpaired) electrons. The van der Waals surface area contributed by atoms with Crippen LogP contribution in [0.3, 0.4) is 0 Å². The molecule has 1 aromatic carbocycles. The van der Waals surface area contributed by atoms with Crippen molar-refractivity contribution in [3.05, 3.63) is 34.2 Å². The highest BCUT2D eigenvalue weighted by molar-refractivity contribution is 5.48. The van der Waals surface area contributed by atoms with E-state index in [1.165, 1.54) is 0 Å². The van der Waals surface area contributed by atoms with Gasteiger partial charge >= 0.3 is 0 Å². The fourth-order valence-corrected chi connectivity index (χ4v) is 1.01. The van der Waals surface area contributed by atoms with Crippen LogP contribution in [0, 0.1) is 6.92 Å². The molecule has 1 aromatic rings. The van der Waals surface area contributed by atoms with Gasteiger partial charge in [-0.25, -0.2) is 4.99 Å². The molecular weight excluding hydrogens is 148 g/mol. The van der Waals surface area contributed by atoms with Gasteiger partial charge in [-0.1, -0.05) is 24.3 Å². The Kier molecular flexibility index (Phi) is 2.29. The molecule has 0 spiro atoms. The Morgan fingerprint density at radius 3 is 2.75 bits per heavy atom. The Bertz CT molecular complexity index is 404. The third kappa shape index (κ3) is 1.53. The van der Waals surface area contributed by atoms with E-state index in [2.05, 4.69) is 18.3 Å². The number of nitrogens with zero attached hydrogens (tertiary/aromatic N) is 1. The molecular formula is C10H12N2. The largest absolute Gasteiger partial charge is 0.383 e. The summed E-state index contributed by atoms with van der Waals surface area (Å²) in [6, 6.07) is 5.86. The smallest absolute Gasteiger partial charge is 0.130 e. The number of rotatable bonds is 1. The first-order valence-electron chi connectivity index (χ1n) is 3.67. The number of hydrogen-bond donors (Lipinski definition) is 1. The van der Waals surface area contributed by atoms with E-state index in [4.69, 9.17) is 5.73 Å². The van der Waals surface area contributed by atoms with Crippen molar-refractivity contribution in [1.82, 2.24) is 0 Å². The first-order valence-corrected chi connectivity index (χ1v) is 3.67. The monoisotopic (exact) mass is 160 g/mol. The molecule has 2 heteroatoms. The topological polar surface area (TPSA) is 38.4 Å². The van der Waals surface area contributed by atoms with Crippen molar-refractivity contribution >= 4 is 19.1 Å². The van der Waals surface area contributed by atoms with Crippen molar-refractivity contribution in [3.8, 4) is 0 Å². The Labute approximate surface area is 71.7 Å². The molecule has 0 aliphatic carbocycles. The Balaban J connectivity index is 3.63. The van der Waals surface area contributed by atoms with Gasteiger partial charge < -0.3 is 5.73 Å².